The van der Waals surface area contributed by atoms with Gasteiger partial charge in [-0.15, -0.1) is 0 Å². The number of hydrogen-bond acceptors (Lipinski definition) is 4. The van der Waals surface area contributed by atoms with Crippen LogP contribution >= 0.6 is 0 Å². The monoisotopic (exact) mass is 192 g/mol. The smallest absolute Gasteiger partial charge is 0.186 e. The van der Waals surface area contributed by atoms with E-state index in [0.29, 0.717) is 24.6 Å². The van der Waals surface area contributed by atoms with Gasteiger partial charge in [-0.3, -0.25) is 9.78 Å². The summed E-state index contributed by atoms with van der Waals surface area (Å²) < 4.78 is 5.15. The zero-order chi connectivity index (χ0) is 9.97. The van der Waals surface area contributed by atoms with Gasteiger partial charge in [0.25, 0.3) is 0 Å². The average molecular weight is 192 g/mol. The highest BCUT2D eigenvalue weighted by atomic mass is 16.5. The molecule has 1 fully saturated rings. The maximum Gasteiger partial charge on any atom is 0.186 e. The molecule has 74 valence electrons. The quantitative estimate of drug-likeness (QED) is 0.706. The molecule has 4 nitrogen and oxygen atoms in total. The van der Waals surface area contributed by atoms with Crippen LogP contribution in [0.15, 0.2) is 18.3 Å². The van der Waals surface area contributed by atoms with Gasteiger partial charge in [0.2, 0.25) is 0 Å². The maximum absolute atomic E-state index is 11.8. The summed E-state index contributed by atoms with van der Waals surface area (Å²) in [5, 5.41) is 0. The Labute approximate surface area is 82.1 Å². The fraction of sp³-hybridized carbons (Fsp3) is 0.400. The summed E-state index contributed by atoms with van der Waals surface area (Å²) in [6, 6.07) is 3.35. The zero-order valence-corrected chi connectivity index (χ0v) is 7.77. The first-order chi connectivity index (χ1) is 6.77. The molecule has 0 aliphatic carbocycles. The number of carbonyl (C=O) groups is 1. The van der Waals surface area contributed by atoms with Crippen LogP contribution in [0.2, 0.25) is 0 Å². The molecule has 1 aliphatic heterocycles. The molecule has 0 saturated carbocycles. The summed E-state index contributed by atoms with van der Waals surface area (Å²) in [6.07, 6.45) is 2.30. The molecule has 14 heavy (non-hydrogen) atoms. The van der Waals surface area contributed by atoms with Gasteiger partial charge in [-0.1, -0.05) is 0 Å². The van der Waals surface area contributed by atoms with Gasteiger partial charge in [-0.2, -0.15) is 0 Å². The lowest BCUT2D eigenvalue weighted by Gasteiger charge is -2.05. The van der Waals surface area contributed by atoms with E-state index in [2.05, 4.69) is 4.98 Å². The lowest BCUT2D eigenvalue weighted by molar-refractivity contribution is 0.0895. The SMILES string of the molecule is Nc1ccc(C(=O)C2CCOC2)nc1. The largest absolute Gasteiger partial charge is 0.397 e. The number of nitrogens with zero attached hydrogens (tertiary/aromatic N) is 1. The van der Waals surface area contributed by atoms with Gasteiger partial charge in [0.15, 0.2) is 5.78 Å². The van der Waals surface area contributed by atoms with E-state index >= 15 is 0 Å². The van der Waals surface area contributed by atoms with Crippen molar-refractivity contribution in [2.75, 3.05) is 18.9 Å². The van der Waals surface area contributed by atoms with Crippen molar-refractivity contribution in [2.45, 2.75) is 6.42 Å². The van der Waals surface area contributed by atoms with Gasteiger partial charge in [-0.25, -0.2) is 0 Å². The van der Waals surface area contributed by atoms with Crippen LogP contribution < -0.4 is 5.73 Å². The van der Waals surface area contributed by atoms with E-state index in [1.165, 1.54) is 6.20 Å². The lowest BCUT2D eigenvalue weighted by Crippen LogP contribution is -2.15. The van der Waals surface area contributed by atoms with Gasteiger partial charge in [0.05, 0.1) is 18.5 Å². The second-order valence-corrected chi connectivity index (χ2v) is 3.40. The normalized spacial score (nSPS) is 21.0. The summed E-state index contributed by atoms with van der Waals surface area (Å²) in [7, 11) is 0. The highest BCUT2D eigenvalue weighted by Gasteiger charge is 2.25. The molecule has 2 rings (SSSR count). The summed E-state index contributed by atoms with van der Waals surface area (Å²) in [5.74, 6) is 0.0358. The summed E-state index contributed by atoms with van der Waals surface area (Å²) in [5.41, 5.74) is 6.54. The Morgan fingerprint density at radius 1 is 1.57 bits per heavy atom. The number of hydrogen-bond donors (Lipinski definition) is 1. The minimum Gasteiger partial charge on any atom is -0.397 e. The number of rotatable bonds is 2. The van der Waals surface area contributed by atoms with Crippen LogP contribution in [0.1, 0.15) is 16.9 Å². The second kappa shape index (κ2) is 3.75. The maximum atomic E-state index is 11.8. The minimum atomic E-state index is -0.0221. The molecule has 0 spiro atoms. The predicted molar refractivity (Wildman–Crippen MR) is 51.9 cm³/mol. The van der Waals surface area contributed by atoms with Crippen molar-refractivity contribution in [3.05, 3.63) is 24.0 Å². The number of anilines is 1. The van der Waals surface area contributed by atoms with Crippen molar-refractivity contribution in [1.82, 2.24) is 4.98 Å². The molecule has 1 saturated heterocycles. The van der Waals surface area contributed by atoms with Crippen molar-refractivity contribution in [1.29, 1.82) is 0 Å². The van der Waals surface area contributed by atoms with E-state index in [4.69, 9.17) is 10.5 Å². The third-order valence-electron chi connectivity index (χ3n) is 2.34. The number of nitrogen functional groups attached to an aromatic ring is 1. The van der Waals surface area contributed by atoms with Crippen LogP contribution in [0.5, 0.6) is 0 Å². The first-order valence-electron chi connectivity index (χ1n) is 4.61. The van der Waals surface area contributed by atoms with Crippen molar-refractivity contribution in [2.24, 2.45) is 5.92 Å². The van der Waals surface area contributed by atoms with Crippen LogP contribution in [0.3, 0.4) is 0 Å². The molecule has 2 heterocycles. The van der Waals surface area contributed by atoms with Gasteiger partial charge in [0.1, 0.15) is 5.69 Å². The molecule has 1 atom stereocenters. The number of Topliss-reactive ketones (excluding diaryl/α,β-unsaturated/α-hetero) is 1. The number of pyridine rings is 1. The van der Waals surface area contributed by atoms with Gasteiger partial charge in [-0.05, 0) is 18.6 Å². The number of ether oxygens (including phenoxy) is 1. The van der Waals surface area contributed by atoms with Crippen LogP contribution in [0.25, 0.3) is 0 Å². The Hall–Kier alpha value is -1.42. The summed E-state index contributed by atoms with van der Waals surface area (Å²) >= 11 is 0. The first-order valence-corrected chi connectivity index (χ1v) is 4.61. The molecule has 1 aromatic rings. The summed E-state index contributed by atoms with van der Waals surface area (Å²) in [6.45, 7) is 1.19. The van der Waals surface area contributed by atoms with Crippen molar-refractivity contribution in [3.8, 4) is 0 Å². The van der Waals surface area contributed by atoms with E-state index in [9.17, 15) is 4.79 Å². The van der Waals surface area contributed by atoms with Gasteiger partial charge >= 0.3 is 0 Å². The van der Waals surface area contributed by atoms with Gasteiger partial charge in [0, 0.05) is 12.5 Å². The van der Waals surface area contributed by atoms with Crippen LogP contribution in [0, 0.1) is 5.92 Å². The van der Waals surface area contributed by atoms with Crippen LogP contribution in [0.4, 0.5) is 5.69 Å². The first kappa shape index (κ1) is 9.15. The lowest BCUT2D eigenvalue weighted by atomic mass is 10.0. The average Bonchev–Trinajstić information content (AvgIpc) is 2.71. The molecule has 2 N–H and O–H groups in total. The fourth-order valence-corrected chi connectivity index (χ4v) is 1.50. The number of carbonyl (C=O) groups excluding carboxylic acids is 1. The standard InChI is InChI=1S/C10H12N2O2/c11-8-1-2-9(12-5-8)10(13)7-3-4-14-6-7/h1-2,5,7H,3-4,6,11H2. The second-order valence-electron chi connectivity index (χ2n) is 3.40. The Balaban J connectivity index is 2.14. The molecule has 0 bridgehead atoms. The molecular formula is C10H12N2O2. The van der Waals surface area contributed by atoms with E-state index in [1.54, 1.807) is 12.1 Å². The van der Waals surface area contributed by atoms with Crippen molar-refractivity contribution in [3.63, 3.8) is 0 Å². The molecule has 1 unspecified atom stereocenters. The van der Waals surface area contributed by atoms with E-state index in [1.807, 2.05) is 0 Å². The highest BCUT2D eigenvalue weighted by molar-refractivity contribution is 5.96. The van der Waals surface area contributed by atoms with E-state index in [-0.39, 0.29) is 11.7 Å². The summed E-state index contributed by atoms with van der Waals surface area (Å²) in [4.78, 5) is 15.8. The number of ketones is 1. The van der Waals surface area contributed by atoms with Crippen molar-refractivity contribution >= 4 is 11.5 Å². The third-order valence-corrected chi connectivity index (χ3v) is 2.34. The topological polar surface area (TPSA) is 65.2 Å². The number of nitrogens with two attached hydrogens (primary N) is 1. The molecular weight excluding hydrogens is 180 g/mol. The molecule has 1 aliphatic rings. The molecule has 0 amide bonds. The van der Waals surface area contributed by atoms with Crippen LogP contribution in [-0.2, 0) is 4.74 Å². The Morgan fingerprint density at radius 3 is 3.00 bits per heavy atom. The Morgan fingerprint density at radius 2 is 2.43 bits per heavy atom. The minimum absolute atomic E-state index is 0.0221. The van der Waals surface area contributed by atoms with E-state index < -0.39 is 0 Å². The third kappa shape index (κ3) is 1.75. The molecule has 1 aromatic heterocycles. The highest BCUT2D eigenvalue weighted by Crippen LogP contribution is 2.17. The number of aromatic nitrogens is 1. The molecule has 0 aromatic carbocycles. The van der Waals surface area contributed by atoms with Crippen LogP contribution in [-0.4, -0.2) is 24.0 Å². The van der Waals surface area contributed by atoms with Crippen molar-refractivity contribution < 1.29 is 9.53 Å². The zero-order valence-electron chi connectivity index (χ0n) is 7.77. The molecule has 4 heteroatoms. The Bertz CT molecular complexity index is 328. The predicted octanol–water partition coefficient (Wildman–Crippen LogP) is 0.883. The fourth-order valence-electron chi connectivity index (χ4n) is 1.50. The molecule has 0 radical (unpaired) electrons. The Kier molecular flexibility index (Phi) is 2.45. The van der Waals surface area contributed by atoms with E-state index in [0.717, 1.165) is 6.42 Å². The van der Waals surface area contributed by atoms with Gasteiger partial charge < -0.3 is 10.5 Å².